The Balaban J connectivity index is 0.00000860. The summed E-state index contributed by atoms with van der Waals surface area (Å²) in [7, 11) is 0. The second-order valence-electron chi connectivity index (χ2n) is 21.2. The van der Waals surface area contributed by atoms with Gasteiger partial charge in [-0.3, -0.25) is 33.6 Å². The average Bonchev–Trinajstić information content (AvgIpc) is 4.20. The third-order valence-corrected chi connectivity index (χ3v) is 15.3. The number of aromatic nitrogens is 8. The normalized spacial score (nSPS) is 13.7. The summed E-state index contributed by atoms with van der Waals surface area (Å²) in [5.41, 5.74) is 48.6. The molecule has 15 N–H and O–H groups in total. The Morgan fingerprint density at radius 3 is 1.15 bits per heavy atom. The van der Waals surface area contributed by atoms with Crippen molar-refractivity contribution in [3.8, 4) is 45.6 Å². The van der Waals surface area contributed by atoms with Crippen molar-refractivity contribution < 1.29 is 36.2 Å². The summed E-state index contributed by atoms with van der Waals surface area (Å²) in [6.07, 6.45) is 9.81. The van der Waals surface area contributed by atoms with E-state index in [0.717, 1.165) is 63.1 Å². The van der Waals surface area contributed by atoms with Gasteiger partial charge in [0.25, 0.3) is 0 Å². The largest absolute Gasteiger partial charge is 0.370 e. The zero-order valence-corrected chi connectivity index (χ0v) is 46.8. The van der Waals surface area contributed by atoms with E-state index in [0.29, 0.717) is 136 Å². The molecule has 4 atom stereocenters. The van der Waals surface area contributed by atoms with Crippen molar-refractivity contribution >= 4 is 67.8 Å². The standard InChI is InChI=1S/C60H74N16O4.Fe/c61-45(29-5-1-8-32-48(64)77)60(36-20-4-11-35-51(67)80,74-46(62)30-6-2-9-33-49(65)78)76-58-43-27-18-19-28-44(43)59(76)73-55-40-24-15-13-22-38(40)53(69-55)71-57-42-26-17-16-25-41(42)56(75(57)47(63)31-7-3-10-34-50(66)79)70-52-37-21-12-14-23-39(37)54(68-52)72-58;/h12-19,21-28,45-47,74H,1-11,20,29-36,61-63H2,(H2,64,77)(H2,65,78)(H2,66,79)(H2,67,80);. The van der Waals surface area contributed by atoms with Crippen LogP contribution in [0.2, 0.25) is 0 Å². The summed E-state index contributed by atoms with van der Waals surface area (Å²) in [6.45, 7) is 0. The second-order valence-corrected chi connectivity index (χ2v) is 21.2. The third kappa shape index (κ3) is 13.6. The molecular weight excluding hydrogens is 1060 g/mol. The number of hydrogen-bond acceptors (Lipinski definition) is 14. The van der Waals surface area contributed by atoms with Gasteiger partial charge in [-0.2, -0.15) is 0 Å². The fourth-order valence-electron chi connectivity index (χ4n) is 11.4. The number of rotatable bonds is 29. The first kappa shape index (κ1) is 59.6. The molecule has 0 radical (unpaired) electrons. The number of amides is 4. The molecule has 5 heterocycles. The fourth-order valence-corrected chi connectivity index (χ4v) is 11.4. The van der Waals surface area contributed by atoms with E-state index < -0.39 is 24.0 Å². The molecule has 426 valence electrons. The summed E-state index contributed by atoms with van der Waals surface area (Å²) in [5.74, 6) is 0.235. The molecule has 4 amide bonds. The number of nitrogens with zero attached hydrogens (tertiary/aromatic N) is 8. The summed E-state index contributed by atoms with van der Waals surface area (Å²) >= 11 is 0. The number of primary amides is 4. The van der Waals surface area contributed by atoms with E-state index in [1.165, 1.54) is 0 Å². The average molecular weight is 1140 g/mol. The smallest absolute Gasteiger partial charge is 0.217 e. The van der Waals surface area contributed by atoms with Gasteiger partial charge in [0.2, 0.25) is 23.6 Å². The Morgan fingerprint density at radius 1 is 0.420 bits per heavy atom. The van der Waals surface area contributed by atoms with Crippen LogP contribution in [0.4, 0.5) is 0 Å². The SMILES string of the molecule is NC(=O)CCCCCC(N)NC(CCCCCC(N)=O)(C(N)CCCCCC(N)=O)n1c2nc3nc(nc4c5ccccc5c(nc5nc(nc1c1ccccc12)-c1ccccc1-5)n4C(N)CCCCCC(N)=O)-c1ccccc1-3.[Fe]. The summed E-state index contributed by atoms with van der Waals surface area (Å²) < 4.78 is 4.10. The van der Waals surface area contributed by atoms with Crippen LogP contribution in [0.5, 0.6) is 0 Å². The van der Waals surface area contributed by atoms with Crippen molar-refractivity contribution in [1.29, 1.82) is 0 Å². The van der Waals surface area contributed by atoms with Gasteiger partial charge < -0.3 is 40.1 Å². The predicted molar refractivity (Wildman–Crippen MR) is 313 cm³/mol. The zero-order valence-electron chi connectivity index (χ0n) is 45.7. The molecule has 4 aromatic carbocycles. The van der Waals surface area contributed by atoms with Gasteiger partial charge in [-0.05, 0) is 57.8 Å². The monoisotopic (exact) mass is 1140 g/mol. The molecule has 81 heavy (non-hydrogen) atoms. The molecular formula is C60H74FeN16O4. The van der Waals surface area contributed by atoms with Crippen LogP contribution in [0.3, 0.4) is 0 Å². The van der Waals surface area contributed by atoms with Crippen LogP contribution < -0.4 is 45.5 Å². The van der Waals surface area contributed by atoms with Crippen LogP contribution in [-0.4, -0.2) is 74.9 Å². The Bertz CT molecular complexity index is 3420. The number of nitrogens with two attached hydrogens (primary N) is 7. The van der Waals surface area contributed by atoms with E-state index in [-0.39, 0.29) is 60.0 Å². The van der Waals surface area contributed by atoms with Crippen LogP contribution in [0.15, 0.2) is 97.1 Å². The van der Waals surface area contributed by atoms with Gasteiger partial charge in [0.05, 0.1) is 12.3 Å². The fraction of sp³-hybridized carbons (Fsp3) is 0.400. The van der Waals surface area contributed by atoms with Gasteiger partial charge in [0.1, 0.15) is 28.3 Å². The summed E-state index contributed by atoms with van der Waals surface area (Å²) in [6, 6.07) is 31.0. The number of hydrogen-bond donors (Lipinski definition) is 8. The van der Waals surface area contributed by atoms with Crippen LogP contribution in [0, 0.1) is 0 Å². The minimum atomic E-state index is -1.24. The molecule has 20 nitrogen and oxygen atoms in total. The van der Waals surface area contributed by atoms with Gasteiger partial charge in [0, 0.05) is 92.6 Å². The molecule has 0 saturated heterocycles. The van der Waals surface area contributed by atoms with E-state index in [2.05, 4.69) is 9.88 Å². The van der Waals surface area contributed by atoms with E-state index in [1.54, 1.807) is 0 Å². The molecule has 7 aromatic rings. The molecule has 8 bridgehead atoms. The van der Waals surface area contributed by atoms with E-state index in [9.17, 15) is 19.2 Å². The Kier molecular flexibility index (Phi) is 20.1. The number of fused-ring (bicyclic) bond motifs is 20. The van der Waals surface area contributed by atoms with Gasteiger partial charge in [-0.1, -0.05) is 142 Å². The molecule has 2 aliphatic heterocycles. The van der Waals surface area contributed by atoms with Gasteiger partial charge in [0.15, 0.2) is 23.3 Å². The predicted octanol–water partition coefficient (Wildman–Crippen LogP) is 7.87. The van der Waals surface area contributed by atoms with Gasteiger partial charge in [-0.25, -0.2) is 29.9 Å². The topological polar surface area (TPSA) is 350 Å². The maximum absolute atomic E-state index is 12.1. The van der Waals surface area contributed by atoms with Crippen molar-refractivity contribution in [2.75, 3.05) is 0 Å². The van der Waals surface area contributed by atoms with Crippen molar-refractivity contribution in [3.05, 3.63) is 97.1 Å². The maximum atomic E-state index is 12.1. The van der Waals surface area contributed by atoms with Gasteiger partial charge >= 0.3 is 0 Å². The first-order valence-electron chi connectivity index (χ1n) is 28.2. The molecule has 2 aliphatic rings. The van der Waals surface area contributed by atoms with Crippen LogP contribution in [-0.2, 0) is 41.9 Å². The first-order valence-corrected chi connectivity index (χ1v) is 28.2. The van der Waals surface area contributed by atoms with E-state index >= 15 is 0 Å². The minimum Gasteiger partial charge on any atom is -0.370 e. The Labute approximate surface area is 481 Å². The minimum absolute atomic E-state index is 0. The van der Waals surface area contributed by atoms with Gasteiger partial charge in [-0.15, -0.1) is 0 Å². The molecule has 0 fully saturated rings. The third-order valence-electron chi connectivity index (χ3n) is 15.3. The molecule has 0 spiro atoms. The van der Waals surface area contributed by atoms with Crippen LogP contribution in [0.1, 0.15) is 135 Å². The van der Waals surface area contributed by atoms with Crippen molar-refractivity contribution in [3.63, 3.8) is 0 Å². The molecule has 21 heteroatoms. The van der Waals surface area contributed by atoms with Crippen LogP contribution in [0.25, 0.3) is 89.7 Å². The maximum Gasteiger partial charge on any atom is 0.217 e. The van der Waals surface area contributed by atoms with Crippen molar-refractivity contribution in [2.24, 2.45) is 40.1 Å². The quantitative estimate of drug-likeness (QED) is 0.0126. The van der Waals surface area contributed by atoms with Crippen LogP contribution >= 0.6 is 0 Å². The molecule has 9 rings (SSSR count). The Hall–Kier alpha value is -7.52. The van der Waals surface area contributed by atoms with Crippen molar-refractivity contribution in [1.82, 2.24) is 44.4 Å². The molecule has 0 aliphatic carbocycles. The second kappa shape index (κ2) is 27.3. The Morgan fingerprint density at radius 2 is 0.753 bits per heavy atom. The summed E-state index contributed by atoms with van der Waals surface area (Å²) in [4.78, 5) is 80.2. The first-order chi connectivity index (χ1) is 38.7. The molecule has 0 saturated carbocycles. The molecule has 3 aromatic heterocycles. The number of nitrogens with one attached hydrogen (secondary N) is 1. The number of benzene rings is 4. The molecule has 4 unspecified atom stereocenters. The zero-order chi connectivity index (χ0) is 56.3. The van der Waals surface area contributed by atoms with Crippen molar-refractivity contribution in [2.45, 2.75) is 152 Å². The number of unbranched alkanes of at least 4 members (excludes halogenated alkanes) is 8. The van der Waals surface area contributed by atoms with E-state index in [4.69, 9.17) is 70.0 Å². The number of carbonyl (C=O) groups excluding carboxylic acids is 4. The van der Waals surface area contributed by atoms with E-state index in [1.807, 2.05) is 102 Å². The number of carbonyl (C=O) groups is 4. The summed E-state index contributed by atoms with van der Waals surface area (Å²) in [5, 5.41) is 7.09.